The highest BCUT2D eigenvalue weighted by Gasteiger charge is 2.31. The summed E-state index contributed by atoms with van der Waals surface area (Å²) in [7, 11) is 0. The minimum atomic E-state index is -1.08. The van der Waals surface area contributed by atoms with Gasteiger partial charge in [-0.15, -0.1) is 0 Å². The van der Waals surface area contributed by atoms with Crippen molar-refractivity contribution in [1.82, 2.24) is 9.97 Å². The Hall–Kier alpha value is -3.55. The van der Waals surface area contributed by atoms with Crippen LogP contribution in [0.25, 0.3) is 0 Å². The zero-order valence-electron chi connectivity index (χ0n) is 14.2. The Kier molecular flexibility index (Phi) is 4.49. The lowest BCUT2D eigenvalue weighted by molar-refractivity contribution is -0.384. The second-order valence-corrected chi connectivity index (χ2v) is 5.87. The Balaban J connectivity index is 2.14. The minimum Gasteiger partial charge on any atom is -0.478 e. The van der Waals surface area contributed by atoms with Crippen molar-refractivity contribution >= 4 is 17.3 Å². The molecule has 0 aliphatic carbocycles. The van der Waals surface area contributed by atoms with Crippen molar-refractivity contribution < 1.29 is 14.8 Å². The van der Waals surface area contributed by atoms with E-state index in [4.69, 9.17) is 0 Å². The quantitative estimate of drug-likeness (QED) is 0.664. The lowest BCUT2D eigenvalue weighted by Crippen LogP contribution is -2.29. The third-order valence-corrected chi connectivity index (χ3v) is 4.27. The molecule has 2 heterocycles. The third-order valence-electron chi connectivity index (χ3n) is 4.27. The van der Waals surface area contributed by atoms with Crippen LogP contribution in [-0.4, -0.2) is 26.0 Å². The number of rotatable bonds is 4. The van der Waals surface area contributed by atoms with Gasteiger partial charge in [-0.25, -0.2) is 14.8 Å². The number of nitrogens with zero attached hydrogens (tertiary/aromatic N) is 4. The molecule has 1 N–H and O–H groups in total. The molecule has 1 aliphatic heterocycles. The number of aliphatic carboxylic acids is 1. The summed E-state index contributed by atoms with van der Waals surface area (Å²) in [5.74, 6) is -1.67. The second kappa shape index (κ2) is 6.75. The smallest absolute Gasteiger partial charge is 0.334 e. The Morgan fingerprint density at radius 2 is 1.96 bits per heavy atom. The van der Waals surface area contributed by atoms with Gasteiger partial charge in [0.2, 0.25) is 0 Å². The predicted molar refractivity (Wildman–Crippen MR) is 94.4 cm³/mol. The van der Waals surface area contributed by atoms with E-state index < -0.39 is 16.8 Å². The highest BCUT2D eigenvalue weighted by atomic mass is 16.6. The molecule has 1 aromatic heterocycles. The molecule has 2 aromatic rings. The molecule has 3 rings (SSSR count). The Bertz CT molecular complexity index is 937. The summed E-state index contributed by atoms with van der Waals surface area (Å²) < 4.78 is 0. The molecule has 0 bridgehead atoms. The molecule has 26 heavy (non-hydrogen) atoms. The number of non-ortho nitro benzene ring substituents is 1. The first-order chi connectivity index (χ1) is 12.4. The molecule has 0 amide bonds. The Morgan fingerprint density at radius 1 is 1.27 bits per heavy atom. The third kappa shape index (κ3) is 3.04. The van der Waals surface area contributed by atoms with E-state index in [1.807, 2.05) is 6.92 Å². The SMILES string of the molecule is CC1=CC(c2cccc([N+](=O)[O-])c2)C(C(=O)O)=C(C)N1c1cncnc1. The number of carbonyl (C=O) groups is 1. The van der Waals surface area contributed by atoms with E-state index in [0.717, 1.165) is 5.70 Å². The van der Waals surface area contributed by atoms with Crippen molar-refractivity contribution in [3.8, 4) is 0 Å². The molecule has 1 aromatic carbocycles. The average molecular weight is 352 g/mol. The van der Waals surface area contributed by atoms with Gasteiger partial charge in [-0.2, -0.15) is 0 Å². The van der Waals surface area contributed by atoms with Crippen LogP contribution in [0.2, 0.25) is 0 Å². The van der Waals surface area contributed by atoms with E-state index in [1.54, 1.807) is 42.4 Å². The fraction of sp³-hybridized carbons (Fsp3) is 0.167. The van der Waals surface area contributed by atoms with Crippen LogP contribution >= 0.6 is 0 Å². The van der Waals surface area contributed by atoms with Gasteiger partial charge in [0, 0.05) is 29.4 Å². The van der Waals surface area contributed by atoms with Crippen LogP contribution in [0.15, 0.2) is 66.0 Å². The largest absolute Gasteiger partial charge is 0.478 e. The molecule has 8 nitrogen and oxygen atoms in total. The van der Waals surface area contributed by atoms with Gasteiger partial charge in [0.05, 0.1) is 28.6 Å². The summed E-state index contributed by atoms with van der Waals surface area (Å²) in [6.45, 7) is 3.55. The molecule has 1 unspecified atom stereocenters. The van der Waals surface area contributed by atoms with Gasteiger partial charge >= 0.3 is 5.97 Å². The molecule has 0 saturated heterocycles. The first-order valence-corrected chi connectivity index (χ1v) is 7.82. The first kappa shape index (κ1) is 17.3. The van der Waals surface area contributed by atoms with Gasteiger partial charge in [0.1, 0.15) is 6.33 Å². The van der Waals surface area contributed by atoms with Crippen molar-refractivity contribution in [3.05, 3.63) is 81.7 Å². The predicted octanol–water partition coefficient (Wildman–Crippen LogP) is 3.25. The Morgan fingerprint density at radius 3 is 2.58 bits per heavy atom. The topological polar surface area (TPSA) is 109 Å². The van der Waals surface area contributed by atoms with Gasteiger partial charge in [-0.05, 0) is 19.4 Å². The molecule has 1 atom stereocenters. The summed E-state index contributed by atoms with van der Waals surface area (Å²) in [6, 6.07) is 6.04. The molecule has 0 spiro atoms. The number of carboxylic acid groups (broad SMARTS) is 1. The van der Waals surface area contributed by atoms with E-state index in [9.17, 15) is 20.0 Å². The van der Waals surface area contributed by atoms with Gasteiger partial charge < -0.3 is 10.0 Å². The molecular weight excluding hydrogens is 336 g/mol. The van der Waals surface area contributed by atoms with E-state index in [0.29, 0.717) is 16.9 Å². The summed E-state index contributed by atoms with van der Waals surface area (Å²) in [6.07, 6.45) is 6.38. The lowest BCUT2D eigenvalue weighted by atomic mass is 9.86. The lowest BCUT2D eigenvalue weighted by Gasteiger charge is -2.34. The van der Waals surface area contributed by atoms with Gasteiger partial charge in [0.25, 0.3) is 5.69 Å². The molecule has 0 radical (unpaired) electrons. The number of carboxylic acids is 1. The monoisotopic (exact) mass is 352 g/mol. The number of nitro groups is 1. The molecule has 1 aliphatic rings. The van der Waals surface area contributed by atoms with E-state index in [2.05, 4.69) is 9.97 Å². The van der Waals surface area contributed by atoms with Crippen molar-refractivity contribution in [3.63, 3.8) is 0 Å². The second-order valence-electron chi connectivity index (χ2n) is 5.87. The fourth-order valence-electron chi connectivity index (χ4n) is 3.20. The normalized spacial score (nSPS) is 17.1. The van der Waals surface area contributed by atoms with Crippen LogP contribution in [0.4, 0.5) is 11.4 Å². The minimum absolute atomic E-state index is 0.0742. The summed E-state index contributed by atoms with van der Waals surface area (Å²) in [5.41, 5.74) is 2.59. The van der Waals surface area contributed by atoms with E-state index >= 15 is 0 Å². The maximum Gasteiger partial charge on any atom is 0.334 e. The number of aromatic nitrogens is 2. The number of hydrogen-bond acceptors (Lipinski definition) is 6. The standard InChI is InChI=1S/C18H16N4O4/c1-11-6-16(13-4-3-5-14(7-13)22(25)26)17(18(23)24)12(2)21(11)15-8-19-10-20-9-15/h3-10,16H,1-2H3,(H,23,24). The van der Waals surface area contributed by atoms with Gasteiger partial charge in [-0.1, -0.05) is 18.2 Å². The van der Waals surface area contributed by atoms with Crippen LogP contribution in [0.5, 0.6) is 0 Å². The van der Waals surface area contributed by atoms with Gasteiger partial charge in [0.15, 0.2) is 0 Å². The maximum atomic E-state index is 12.0. The first-order valence-electron chi connectivity index (χ1n) is 7.82. The van der Waals surface area contributed by atoms with Crippen molar-refractivity contribution in [2.45, 2.75) is 19.8 Å². The number of benzene rings is 1. The molecule has 0 fully saturated rings. The van der Waals surface area contributed by atoms with Crippen molar-refractivity contribution in [2.75, 3.05) is 4.90 Å². The summed E-state index contributed by atoms with van der Waals surface area (Å²) in [5, 5.41) is 20.8. The van der Waals surface area contributed by atoms with Crippen LogP contribution in [0.1, 0.15) is 25.3 Å². The zero-order chi connectivity index (χ0) is 18.8. The van der Waals surface area contributed by atoms with E-state index in [1.165, 1.54) is 18.5 Å². The zero-order valence-corrected chi connectivity index (χ0v) is 14.2. The molecule has 8 heteroatoms. The fourth-order valence-corrected chi connectivity index (χ4v) is 3.20. The summed E-state index contributed by atoms with van der Waals surface area (Å²) in [4.78, 5) is 32.3. The van der Waals surface area contributed by atoms with Crippen molar-refractivity contribution in [2.24, 2.45) is 0 Å². The van der Waals surface area contributed by atoms with Crippen LogP contribution in [0, 0.1) is 10.1 Å². The van der Waals surface area contributed by atoms with Gasteiger partial charge in [-0.3, -0.25) is 10.1 Å². The van der Waals surface area contributed by atoms with Crippen LogP contribution in [-0.2, 0) is 4.79 Å². The van der Waals surface area contributed by atoms with Crippen molar-refractivity contribution in [1.29, 1.82) is 0 Å². The van der Waals surface area contributed by atoms with E-state index in [-0.39, 0.29) is 11.3 Å². The molecule has 0 saturated carbocycles. The molecule has 132 valence electrons. The number of anilines is 1. The number of allylic oxidation sites excluding steroid dienone is 3. The highest BCUT2D eigenvalue weighted by molar-refractivity contribution is 5.92. The highest BCUT2D eigenvalue weighted by Crippen LogP contribution is 2.39. The Labute approximate surface area is 149 Å². The average Bonchev–Trinajstić information content (AvgIpc) is 2.61. The van der Waals surface area contributed by atoms with Crippen LogP contribution < -0.4 is 4.90 Å². The summed E-state index contributed by atoms with van der Waals surface area (Å²) >= 11 is 0. The maximum absolute atomic E-state index is 12.0. The molecular formula is C18H16N4O4. The number of nitro benzene ring substituents is 1. The van der Waals surface area contributed by atoms with Crippen LogP contribution in [0.3, 0.4) is 0 Å². The number of hydrogen-bond donors (Lipinski definition) is 1.